The maximum absolute atomic E-state index is 12.6. The third-order valence-electron chi connectivity index (χ3n) is 3.87. The van der Waals surface area contributed by atoms with E-state index in [9.17, 15) is 9.59 Å². The summed E-state index contributed by atoms with van der Waals surface area (Å²) in [6, 6.07) is 12.2. The Morgan fingerprint density at radius 3 is 2.52 bits per heavy atom. The molecule has 2 amide bonds. The summed E-state index contributed by atoms with van der Waals surface area (Å²) in [5.41, 5.74) is 2.10. The summed E-state index contributed by atoms with van der Waals surface area (Å²) in [5, 5.41) is 3.67. The Balaban J connectivity index is 1.90. The Morgan fingerprint density at radius 1 is 1.17 bits per heavy atom. The zero-order chi connectivity index (χ0) is 16.6. The number of halogens is 2. The third kappa shape index (κ3) is 3.19. The number of carbonyl (C=O) groups excluding carboxylic acids is 2. The van der Waals surface area contributed by atoms with E-state index in [1.54, 1.807) is 30.1 Å². The predicted molar refractivity (Wildman–Crippen MR) is 92.3 cm³/mol. The highest BCUT2D eigenvalue weighted by molar-refractivity contribution is 6.35. The van der Waals surface area contributed by atoms with E-state index >= 15 is 0 Å². The lowest BCUT2D eigenvalue weighted by atomic mass is 9.89. The molecule has 2 aromatic carbocycles. The molecular formula is C17H14Cl2N2O2. The van der Waals surface area contributed by atoms with Gasteiger partial charge in [-0.15, -0.1) is 0 Å². The molecule has 0 bridgehead atoms. The zero-order valence-electron chi connectivity index (χ0n) is 12.3. The lowest BCUT2D eigenvalue weighted by Gasteiger charge is -2.30. The van der Waals surface area contributed by atoms with Crippen molar-refractivity contribution in [1.29, 1.82) is 0 Å². The first-order valence-corrected chi connectivity index (χ1v) is 7.84. The van der Waals surface area contributed by atoms with Crippen LogP contribution >= 0.6 is 23.2 Å². The number of hydrogen-bond donors (Lipinski definition) is 1. The SMILES string of the molecule is CN1C(=O)CC(C(=O)Nc2cc(Cl)cc(Cl)c2)c2ccccc21. The molecule has 0 saturated heterocycles. The lowest BCUT2D eigenvalue weighted by molar-refractivity contribution is -0.124. The number of nitrogens with one attached hydrogen (secondary N) is 1. The number of benzene rings is 2. The number of hydrogen-bond acceptors (Lipinski definition) is 2. The molecule has 0 fully saturated rings. The number of rotatable bonds is 2. The molecule has 0 spiro atoms. The molecule has 0 aliphatic carbocycles. The van der Waals surface area contributed by atoms with Crippen LogP contribution in [0.4, 0.5) is 11.4 Å². The number of fused-ring (bicyclic) bond motifs is 1. The normalized spacial score (nSPS) is 16.9. The van der Waals surface area contributed by atoms with E-state index in [1.807, 2.05) is 24.3 Å². The van der Waals surface area contributed by atoms with E-state index in [0.717, 1.165) is 11.3 Å². The number of nitrogens with zero attached hydrogens (tertiary/aromatic N) is 1. The van der Waals surface area contributed by atoms with Crippen molar-refractivity contribution in [2.75, 3.05) is 17.3 Å². The maximum atomic E-state index is 12.6. The number of para-hydroxylation sites is 1. The van der Waals surface area contributed by atoms with Gasteiger partial charge < -0.3 is 10.2 Å². The summed E-state index contributed by atoms with van der Waals surface area (Å²) < 4.78 is 0. The van der Waals surface area contributed by atoms with Gasteiger partial charge in [-0.2, -0.15) is 0 Å². The molecule has 118 valence electrons. The van der Waals surface area contributed by atoms with Gasteiger partial charge >= 0.3 is 0 Å². The van der Waals surface area contributed by atoms with Crippen LogP contribution in [0.25, 0.3) is 0 Å². The van der Waals surface area contributed by atoms with Crippen LogP contribution in [0, 0.1) is 0 Å². The van der Waals surface area contributed by atoms with Gasteiger partial charge in [-0.1, -0.05) is 41.4 Å². The van der Waals surface area contributed by atoms with Crippen molar-refractivity contribution in [3.8, 4) is 0 Å². The summed E-state index contributed by atoms with van der Waals surface area (Å²) >= 11 is 11.9. The van der Waals surface area contributed by atoms with Gasteiger partial charge in [0, 0.05) is 34.9 Å². The molecule has 3 rings (SSSR count). The smallest absolute Gasteiger partial charge is 0.232 e. The largest absolute Gasteiger partial charge is 0.325 e. The van der Waals surface area contributed by atoms with E-state index in [1.165, 1.54) is 0 Å². The average molecular weight is 349 g/mol. The van der Waals surface area contributed by atoms with Crippen LogP contribution in [-0.2, 0) is 9.59 Å². The monoisotopic (exact) mass is 348 g/mol. The fourth-order valence-electron chi connectivity index (χ4n) is 2.73. The number of anilines is 2. The molecule has 1 N–H and O–H groups in total. The van der Waals surface area contributed by atoms with Crippen LogP contribution in [0.2, 0.25) is 10.0 Å². The first kappa shape index (κ1) is 15.8. The molecule has 0 aromatic heterocycles. The fraction of sp³-hybridized carbons (Fsp3) is 0.176. The Bertz CT molecular complexity index is 772. The average Bonchev–Trinajstić information content (AvgIpc) is 2.49. The number of amides is 2. The zero-order valence-corrected chi connectivity index (χ0v) is 13.9. The first-order valence-electron chi connectivity index (χ1n) is 7.08. The molecule has 1 aliphatic rings. The fourth-order valence-corrected chi connectivity index (χ4v) is 3.26. The van der Waals surface area contributed by atoms with Crippen molar-refractivity contribution in [1.82, 2.24) is 0 Å². The summed E-state index contributed by atoms with van der Waals surface area (Å²) in [6.45, 7) is 0. The minimum absolute atomic E-state index is 0.0898. The standard InChI is InChI=1S/C17H14Cl2N2O2/c1-21-15-5-3-2-4-13(15)14(9-16(21)22)17(23)20-12-7-10(18)6-11(19)8-12/h2-8,14H,9H2,1H3,(H,20,23). The van der Waals surface area contributed by atoms with Gasteiger partial charge in [-0.05, 0) is 29.8 Å². The molecule has 23 heavy (non-hydrogen) atoms. The quantitative estimate of drug-likeness (QED) is 0.888. The molecule has 0 radical (unpaired) electrons. The van der Waals surface area contributed by atoms with Crippen LogP contribution in [-0.4, -0.2) is 18.9 Å². The highest BCUT2D eigenvalue weighted by Gasteiger charge is 2.33. The van der Waals surface area contributed by atoms with Crippen LogP contribution in [0.1, 0.15) is 17.9 Å². The minimum Gasteiger partial charge on any atom is -0.325 e. The predicted octanol–water partition coefficient (Wildman–Crippen LogP) is 4.08. The van der Waals surface area contributed by atoms with Crippen molar-refractivity contribution in [3.05, 3.63) is 58.1 Å². The number of carbonyl (C=O) groups is 2. The van der Waals surface area contributed by atoms with E-state index < -0.39 is 5.92 Å². The van der Waals surface area contributed by atoms with Crippen molar-refractivity contribution in [3.63, 3.8) is 0 Å². The highest BCUT2D eigenvalue weighted by Crippen LogP contribution is 2.36. The van der Waals surface area contributed by atoms with Crippen LogP contribution < -0.4 is 10.2 Å². The molecule has 1 atom stereocenters. The molecule has 2 aromatic rings. The summed E-state index contributed by atoms with van der Waals surface area (Å²) in [5.74, 6) is -0.877. The molecule has 1 unspecified atom stereocenters. The summed E-state index contributed by atoms with van der Waals surface area (Å²) in [7, 11) is 1.71. The summed E-state index contributed by atoms with van der Waals surface area (Å²) in [6.07, 6.45) is 0.133. The van der Waals surface area contributed by atoms with Gasteiger partial charge in [0.15, 0.2) is 0 Å². The van der Waals surface area contributed by atoms with Gasteiger partial charge in [-0.25, -0.2) is 0 Å². The van der Waals surface area contributed by atoms with E-state index in [-0.39, 0.29) is 18.2 Å². The Hall–Kier alpha value is -2.04. The Labute approximate surface area is 144 Å². The molecule has 6 heteroatoms. The van der Waals surface area contributed by atoms with Crippen molar-refractivity contribution in [2.45, 2.75) is 12.3 Å². The van der Waals surface area contributed by atoms with Gasteiger partial charge in [0.05, 0.1) is 5.92 Å². The minimum atomic E-state index is -0.535. The second-order valence-electron chi connectivity index (χ2n) is 5.42. The molecule has 1 heterocycles. The second kappa shape index (κ2) is 6.22. The maximum Gasteiger partial charge on any atom is 0.232 e. The topological polar surface area (TPSA) is 49.4 Å². The van der Waals surface area contributed by atoms with Crippen molar-refractivity contribution in [2.24, 2.45) is 0 Å². The van der Waals surface area contributed by atoms with Crippen LogP contribution in [0.15, 0.2) is 42.5 Å². The molecule has 4 nitrogen and oxygen atoms in total. The second-order valence-corrected chi connectivity index (χ2v) is 6.29. The first-order chi connectivity index (χ1) is 11.0. The van der Waals surface area contributed by atoms with Gasteiger partial charge in [-0.3, -0.25) is 9.59 Å². The van der Waals surface area contributed by atoms with Gasteiger partial charge in [0.1, 0.15) is 0 Å². The van der Waals surface area contributed by atoms with Crippen LogP contribution in [0.5, 0.6) is 0 Å². The lowest BCUT2D eigenvalue weighted by Crippen LogP contribution is -2.37. The van der Waals surface area contributed by atoms with E-state index in [4.69, 9.17) is 23.2 Å². The van der Waals surface area contributed by atoms with Crippen LogP contribution in [0.3, 0.4) is 0 Å². The Morgan fingerprint density at radius 2 is 1.83 bits per heavy atom. The van der Waals surface area contributed by atoms with E-state index in [0.29, 0.717) is 15.7 Å². The Kier molecular flexibility index (Phi) is 4.28. The van der Waals surface area contributed by atoms with Gasteiger partial charge in [0.25, 0.3) is 0 Å². The third-order valence-corrected chi connectivity index (χ3v) is 4.31. The highest BCUT2D eigenvalue weighted by atomic mass is 35.5. The van der Waals surface area contributed by atoms with Crippen molar-refractivity contribution < 1.29 is 9.59 Å². The van der Waals surface area contributed by atoms with Gasteiger partial charge in [0.2, 0.25) is 11.8 Å². The van der Waals surface area contributed by atoms with E-state index in [2.05, 4.69) is 5.32 Å². The van der Waals surface area contributed by atoms with Crippen molar-refractivity contribution >= 4 is 46.4 Å². The molecular weight excluding hydrogens is 335 g/mol. The summed E-state index contributed by atoms with van der Waals surface area (Å²) in [4.78, 5) is 26.4. The molecule has 1 aliphatic heterocycles. The molecule has 0 saturated carbocycles.